The number of hydrogen-bond donors (Lipinski definition) is 3. The maximum Gasteiger partial charge on any atom is 0.253 e. The average molecular weight is 452 g/mol. The second-order valence-corrected chi connectivity index (χ2v) is 8.47. The fourth-order valence-corrected chi connectivity index (χ4v) is 4.23. The Kier molecular flexibility index (Phi) is 7.06. The van der Waals surface area contributed by atoms with E-state index in [1.165, 1.54) is 11.8 Å². The number of benzene rings is 2. The van der Waals surface area contributed by atoms with Crippen LogP contribution in [0.25, 0.3) is 11.4 Å². The van der Waals surface area contributed by atoms with Crippen molar-refractivity contribution in [1.82, 2.24) is 20.5 Å². The predicted molar refractivity (Wildman–Crippen MR) is 124 cm³/mol. The van der Waals surface area contributed by atoms with Crippen LogP contribution < -0.4 is 15.4 Å². The molecule has 9 heteroatoms. The molecule has 0 bridgehead atoms. The maximum atomic E-state index is 12.7. The first kappa shape index (κ1) is 21.9. The van der Waals surface area contributed by atoms with Gasteiger partial charge in [0.15, 0.2) is 5.82 Å². The summed E-state index contributed by atoms with van der Waals surface area (Å²) in [6.45, 7) is 0. The molecule has 0 saturated heterocycles. The van der Waals surface area contributed by atoms with E-state index in [1.54, 1.807) is 31.4 Å². The van der Waals surface area contributed by atoms with E-state index in [-0.39, 0.29) is 23.6 Å². The molecule has 1 aliphatic carbocycles. The van der Waals surface area contributed by atoms with Crippen LogP contribution in [0.15, 0.2) is 53.7 Å². The van der Waals surface area contributed by atoms with Crippen LogP contribution in [-0.2, 0) is 4.79 Å². The largest absolute Gasteiger partial charge is 0.497 e. The van der Waals surface area contributed by atoms with Gasteiger partial charge in [-0.05, 0) is 49.2 Å². The van der Waals surface area contributed by atoms with Crippen LogP contribution in [0.1, 0.15) is 36.0 Å². The summed E-state index contributed by atoms with van der Waals surface area (Å²) in [7, 11) is 1.61. The normalized spacial score (nSPS) is 13.7. The van der Waals surface area contributed by atoms with E-state index in [0.717, 1.165) is 37.0 Å². The molecule has 8 nitrogen and oxygen atoms in total. The van der Waals surface area contributed by atoms with Crippen LogP contribution in [0.4, 0.5) is 5.69 Å². The minimum atomic E-state index is -0.230. The van der Waals surface area contributed by atoms with Crippen LogP contribution in [-0.4, -0.2) is 45.9 Å². The molecule has 1 aliphatic rings. The predicted octanol–water partition coefficient (Wildman–Crippen LogP) is 3.88. The van der Waals surface area contributed by atoms with Gasteiger partial charge in [-0.15, -0.1) is 5.10 Å². The van der Waals surface area contributed by atoms with Crippen LogP contribution in [0.2, 0.25) is 0 Å². The van der Waals surface area contributed by atoms with E-state index < -0.39 is 0 Å². The number of hydrogen-bond acceptors (Lipinski definition) is 6. The first-order chi connectivity index (χ1) is 15.6. The summed E-state index contributed by atoms with van der Waals surface area (Å²) in [5.41, 5.74) is 1.84. The molecule has 1 heterocycles. The number of H-pyrrole nitrogens is 1. The van der Waals surface area contributed by atoms with Crippen molar-refractivity contribution in [3.8, 4) is 17.1 Å². The van der Waals surface area contributed by atoms with Gasteiger partial charge in [0.25, 0.3) is 5.91 Å². The van der Waals surface area contributed by atoms with Gasteiger partial charge >= 0.3 is 0 Å². The zero-order valence-electron chi connectivity index (χ0n) is 17.8. The maximum absolute atomic E-state index is 12.7. The van der Waals surface area contributed by atoms with E-state index in [4.69, 9.17) is 4.74 Å². The Balaban J connectivity index is 1.33. The number of ether oxygens (including phenoxy) is 1. The highest BCUT2D eigenvalue weighted by Gasteiger charge is 2.20. The highest BCUT2D eigenvalue weighted by molar-refractivity contribution is 7.99. The summed E-state index contributed by atoms with van der Waals surface area (Å²) in [5, 5.41) is 13.4. The van der Waals surface area contributed by atoms with Crippen molar-refractivity contribution in [1.29, 1.82) is 0 Å². The molecule has 0 unspecified atom stereocenters. The van der Waals surface area contributed by atoms with Crippen molar-refractivity contribution in [2.45, 2.75) is 36.9 Å². The molecule has 32 heavy (non-hydrogen) atoms. The van der Waals surface area contributed by atoms with Gasteiger partial charge < -0.3 is 15.4 Å². The first-order valence-electron chi connectivity index (χ1n) is 10.5. The Morgan fingerprint density at radius 2 is 1.88 bits per heavy atom. The SMILES string of the molecule is COc1ccc(-c2nc(SCC(=O)Nc3ccccc3C(=O)NC3CCCC3)n[nH]2)cc1. The summed E-state index contributed by atoms with van der Waals surface area (Å²) in [5.74, 6) is 1.12. The summed E-state index contributed by atoms with van der Waals surface area (Å²) in [4.78, 5) is 29.6. The summed E-state index contributed by atoms with van der Waals surface area (Å²) < 4.78 is 5.16. The quantitative estimate of drug-likeness (QED) is 0.449. The van der Waals surface area contributed by atoms with Crippen molar-refractivity contribution >= 4 is 29.3 Å². The molecular weight excluding hydrogens is 426 g/mol. The van der Waals surface area contributed by atoms with E-state index >= 15 is 0 Å². The molecule has 0 aliphatic heterocycles. The molecule has 3 N–H and O–H groups in total. The fourth-order valence-electron chi connectivity index (χ4n) is 3.63. The smallest absolute Gasteiger partial charge is 0.253 e. The zero-order valence-corrected chi connectivity index (χ0v) is 18.6. The van der Waals surface area contributed by atoms with Crippen LogP contribution in [0.5, 0.6) is 5.75 Å². The zero-order chi connectivity index (χ0) is 22.3. The highest BCUT2D eigenvalue weighted by atomic mass is 32.2. The third kappa shape index (κ3) is 5.47. The van der Waals surface area contributed by atoms with Crippen LogP contribution in [0, 0.1) is 0 Å². The molecule has 166 valence electrons. The fraction of sp³-hybridized carbons (Fsp3) is 0.304. The molecule has 1 saturated carbocycles. The van der Waals surface area contributed by atoms with E-state index in [2.05, 4.69) is 25.8 Å². The van der Waals surface area contributed by atoms with E-state index in [0.29, 0.717) is 22.2 Å². The molecule has 1 aromatic heterocycles. The lowest BCUT2D eigenvalue weighted by molar-refractivity contribution is -0.113. The van der Waals surface area contributed by atoms with Crippen LogP contribution >= 0.6 is 11.8 Å². The minimum absolute atomic E-state index is 0.123. The Hall–Kier alpha value is -3.33. The van der Waals surface area contributed by atoms with Gasteiger partial charge in [-0.3, -0.25) is 14.7 Å². The standard InChI is InChI=1S/C23H25N5O3S/c1-31-17-12-10-15(11-13-17)21-26-23(28-27-21)32-14-20(29)25-19-9-5-4-8-18(19)22(30)24-16-6-2-3-7-16/h4-5,8-13,16H,2-3,6-7,14H2,1H3,(H,24,30)(H,25,29)(H,26,27,28). The van der Waals surface area contributed by atoms with E-state index in [1.807, 2.05) is 24.3 Å². The molecule has 0 radical (unpaired) electrons. The van der Waals surface area contributed by atoms with Gasteiger partial charge in [-0.2, -0.15) is 0 Å². The Bertz CT molecular complexity index is 1080. The molecule has 4 rings (SSSR count). The molecule has 2 amide bonds. The first-order valence-corrected chi connectivity index (χ1v) is 11.5. The number of aromatic amines is 1. The lowest BCUT2D eigenvalue weighted by Crippen LogP contribution is -2.33. The third-order valence-corrected chi connectivity index (χ3v) is 6.14. The van der Waals surface area contributed by atoms with Crippen molar-refractivity contribution < 1.29 is 14.3 Å². The third-order valence-electron chi connectivity index (χ3n) is 5.30. The Morgan fingerprint density at radius 3 is 2.62 bits per heavy atom. The van der Waals surface area contributed by atoms with E-state index in [9.17, 15) is 9.59 Å². The summed E-state index contributed by atoms with van der Waals surface area (Å²) in [6, 6.07) is 14.7. The Labute approximate surface area is 190 Å². The second-order valence-electron chi connectivity index (χ2n) is 7.53. The van der Waals surface area contributed by atoms with Gasteiger partial charge in [0.05, 0.1) is 24.1 Å². The Morgan fingerprint density at radius 1 is 1.12 bits per heavy atom. The van der Waals surface area contributed by atoms with Crippen molar-refractivity contribution in [3.63, 3.8) is 0 Å². The van der Waals surface area contributed by atoms with Gasteiger partial charge in [-0.1, -0.05) is 36.7 Å². The molecule has 1 fully saturated rings. The number of aromatic nitrogens is 3. The molecular formula is C23H25N5O3S. The molecule has 2 aromatic carbocycles. The lowest BCUT2D eigenvalue weighted by Gasteiger charge is -2.14. The number of rotatable bonds is 8. The second kappa shape index (κ2) is 10.3. The van der Waals surface area contributed by atoms with Crippen molar-refractivity contribution in [2.75, 3.05) is 18.2 Å². The molecule has 3 aromatic rings. The number of nitrogens with zero attached hydrogens (tertiary/aromatic N) is 2. The van der Waals surface area contributed by atoms with Gasteiger partial charge in [0.2, 0.25) is 11.1 Å². The minimum Gasteiger partial charge on any atom is -0.497 e. The van der Waals surface area contributed by atoms with Gasteiger partial charge in [0.1, 0.15) is 5.75 Å². The summed E-state index contributed by atoms with van der Waals surface area (Å²) >= 11 is 1.22. The number of para-hydroxylation sites is 1. The van der Waals surface area contributed by atoms with Crippen molar-refractivity contribution in [3.05, 3.63) is 54.1 Å². The highest BCUT2D eigenvalue weighted by Crippen LogP contribution is 2.23. The van der Waals surface area contributed by atoms with Crippen LogP contribution in [0.3, 0.4) is 0 Å². The average Bonchev–Trinajstić information content (AvgIpc) is 3.50. The lowest BCUT2D eigenvalue weighted by atomic mass is 10.1. The topological polar surface area (TPSA) is 109 Å². The van der Waals surface area contributed by atoms with Gasteiger partial charge in [-0.25, -0.2) is 4.98 Å². The number of carbonyl (C=O) groups excluding carboxylic acids is 2. The summed E-state index contributed by atoms with van der Waals surface area (Å²) in [6.07, 6.45) is 4.29. The van der Waals surface area contributed by atoms with Gasteiger partial charge in [0, 0.05) is 11.6 Å². The number of carbonyl (C=O) groups is 2. The number of methoxy groups -OCH3 is 1. The number of thioether (sulfide) groups is 1. The van der Waals surface area contributed by atoms with Crippen molar-refractivity contribution in [2.24, 2.45) is 0 Å². The molecule has 0 atom stereocenters. The monoisotopic (exact) mass is 451 g/mol. The molecule has 0 spiro atoms. The number of anilines is 1. The number of amides is 2. The number of nitrogens with one attached hydrogen (secondary N) is 3.